The predicted octanol–water partition coefficient (Wildman–Crippen LogP) is 2.64. The molecule has 0 unspecified atom stereocenters. The van der Waals surface area contributed by atoms with Gasteiger partial charge in [0, 0.05) is 17.3 Å². The van der Waals surface area contributed by atoms with Gasteiger partial charge in [-0.3, -0.25) is 4.79 Å². The van der Waals surface area contributed by atoms with Gasteiger partial charge in [-0.05, 0) is 48.9 Å². The fourth-order valence-corrected chi connectivity index (χ4v) is 2.12. The van der Waals surface area contributed by atoms with Crippen molar-refractivity contribution in [2.45, 2.75) is 6.92 Å². The van der Waals surface area contributed by atoms with E-state index in [1.54, 1.807) is 55.5 Å². The van der Waals surface area contributed by atoms with Gasteiger partial charge in [-0.1, -0.05) is 18.2 Å². The number of hydrogen-bond acceptors (Lipinski definition) is 5. The molecule has 0 aliphatic rings. The number of nitrogens with two attached hydrogens (primary N) is 1. The van der Waals surface area contributed by atoms with E-state index >= 15 is 0 Å². The average Bonchev–Trinajstić information content (AvgIpc) is 2.65. The summed E-state index contributed by atoms with van der Waals surface area (Å²) in [6.07, 6.45) is 4.30. The molecule has 2 aromatic rings. The molecule has 0 aliphatic carbocycles. The standard InChI is InChI=1S/C19H20N4O3/c1-2-26-18(24)10-9-14-5-3-8-17(11-14)23-19(25)15-6-4-7-16(12-15)21-13-22-20/h3-13H,2,20H2,1H3,(H,21,22)(H,23,25). The fourth-order valence-electron chi connectivity index (χ4n) is 2.12. The third-order valence-corrected chi connectivity index (χ3v) is 3.24. The normalized spacial score (nSPS) is 10.8. The van der Waals surface area contributed by atoms with Gasteiger partial charge >= 0.3 is 5.97 Å². The van der Waals surface area contributed by atoms with Crippen LogP contribution in [-0.2, 0) is 9.53 Å². The number of carbonyl (C=O) groups is 2. The number of amides is 1. The molecule has 0 saturated carbocycles. The van der Waals surface area contributed by atoms with E-state index in [-0.39, 0.29) is 5.91 Å². The van der Waals surface area contributed by atoms with Gasteiger partial charge in [0.1, 0.15) is 6.34 Å². The summed E-state index contributed by atoms with van der Waals surface area (Å²) in [5.41, 5.74) is 4.74. The van der Waals surface area contributed by atoms with Crippen LogP contribution >= 0.6 is 0 Å². The lowest BCUT2D eigenvalue weighted by Crippen LogP contribution is -2.18. The Hall–Kier alpha value is -3.45. The second kappa shape index (κ2) is 9.75. The van der Waals surface area contributed by atoms with Crippen LogP contribution in [0.5, 0.6) is 0 Å². The summed E-state index contributed by atoms with van der Waals surface area (Å²) in [6.45, 7) is 2.07. The number of rotatable bonds is 7. The minimum Gasteiger partial charge on any atom is -0.463 e. The highest BCUT2D eigenvalue weighted by atomic mass is 16.5. The Bertz CT molecular complexity index is 831. The molecule has 0 heterocycles. The van der Waals surface area contributed by atoms with Crippen molar-refractivity contribution < 1.29 is 14.3 Å². The summed E-state index contributed by atoms with van der Waals surface area (Å²) < 4.78 is 4.84. The molecule has 0 saturated heterocycles. The van der Waals surface area contributed by atoms with Crippen LogP contribution in [0.4, 0.5) is 11.4 Å². The molecule has 0 radical (unpaired) electrons. The van der Waals surface area contributed by atoms with Crippen LogP contribution in [0.1, 0.15) is 22.8 Å². The van der Waals surface area contributed by atoms with Crippen molar-refractivity contribution in [3.8, 4) is 0 Å². The molecule has 0 aliphatic heterocycles. The highest BCUT2D eigenvalue weighted by Crippen LogP contribution is 2.17. The number of aliphatic imine (C=N–C) groups is 1. The summed E-state index contributed by atoms with van der Waals surface area (Å²) >= 11 is 0. The van der Waals surface area contributed by atoms with E-state index in [9.17, 15) is 9.59 Å². The van der Waals surface area contributed by atoms with Crippen LogP contribution in [0.25, 0.3) is 6.08 Å². The molecule has 0 aromatic heterocycles. The molecular formula is C19H20N4O3. The summed E-state index contributed by atoms with van der Waals surface area (Å²) in [4.78, 5) is 27.8. The fraction of sp³-hybridized carbons (Fsp3) is 0.105. The summed E-state index contributed by atoms with van der Waals surface area (Å²) in [5, 5.41) is 2.81. The number of anilines is 1. The Morgan fingerprint density at radius 2 is 2.00 bits per heavy atom. The van der Waals surface area contributed by atoms with Gasteiger partial charge in [-0.25, -0.2) is 15.6 Å². The molecule has 134 valence electrons. The van der Waals surface area contributed by atoms with Crippen LogP contribution in [0.3, 0.4) is 0 Å². The zero-order chi connectivity index (χ0) is 18.8. The SMILES string of the molecule is CCOC(=O)C=Cc1cccc(NC(=O)c2cccc(N=CNN)c2)c1. The molecule has 7 heteroatoms. The number of carbonyl (C=O) groups excluding carboxylic acids is 2. The van der Waals surface area contributed by atoms with E-state index in [2.05, 4.69) is 15.7 Å². The zero-order valence-corrected chi connectivity index (χ0v) is 14.3. The molecule has 7 nitrogen and oxygen atoms in total. The van der Waals surface area contributed by atoms with E-state index in [1.165, 1.54) is 12.4 Å². The lowest BCUT2D eigenvalue weighted by molar-refractivity contribution is -0.137. The predicted molar refractivity (Wildman–Crippen MR) is 102 cm³/mol. The molecule has 1 amide bonds. The van der Waals surface area contributed by atoms with Crippen molar-refractivity contribution in [1.82, 2.24) is 5.43 Å². The second-order valence-electron chi connectivity index (χ2n) is 5.14. The van der Waals surface area contributed by atoms with Gasteiger partial charge < -0.3 is 15.5 Å². The van der Waals surface area contributed by atoms with Gasteiger partial charge in [0.05, 0.1) is 12.3 Å². The maximum absolute atomic E-state index is 12.4. The maximum Gasteiger partial charge on any atom is 0.330 e. The molecule has 0 atom stereocenters. The first-order valence-electron chi connectivity index (χ1n) is 7.97. The monoisotopic (exact) mass is 352 g/mol. The molecule has 26 heavy (non-hydrogen) atoms. The minimum atomic E-state index is -0.411. The number of esters is 1. The number of nitrogens with zero attached hydrogens (tertiary/aromatic N) is 1. The van der Waals surface area contributed by atoms with Crippen molar-refractivity contribution >= 4 is 35.7 Å². The smallest absolute Gasteiger partial charge is 0.330 e. The Morgan fingerprint density at radius 3 is 2.77 bits per heavy atom. The first-order chi connectivity index (χ1) is 12.6. The summed E-state index contributed by atoms with van der Waals surface area (Å²) in [5.74, 6) is 4.46. The highest BCUT2D eigenvalue weighted by molar-refractivity contribution is 6.05. The van der Waals surface area contributed by atoms with Crippen LogP contribution in [0, 0.1) is 0 Å². The third-order valence-electron chi connectivity index (χ3n) is 3.24. The lowest BCUT2D eigenvalue weighted by Gasteiger charge is -2.07. The van der Waals surface area contributed by atoms with E-state index in [0.29, 0.717) is 23.5 Å². The third kappa shape index (κ3) is 5.88. The topological polar surface area (TPSA) is 106 Å². The van der Waals surface area contributed by atoms with Crippen molar-refractivity contribution in [2.24, 2.45) is 10.8 Å². The average molecular weight is 352 g/mol. The Balaban J connectivity index is 2.08. The van der Waals surface area contributed by atoms with E-state index in [4.69, 9.17) is 10.6 Å². The molecule has 2 rings (SSSR count). The Morgan fingerprint density at radius 1 is 1.19 bits per heavy atom. The van der Waals surface area contributed by atoms with Crippen molar-refractivity contribution in [3.63, 3.8) is 0 Å². The largest absolute Gasteiger partial charge is 0.463 e. The first-order valence-corrected chi connectivity index (χ1v) is 7.97. The number of hydrogen-bond donors (Lipinski definition) is 3. The second-order valence-corrected chi connectivity index (χ2v) is 5.14. The molecule has 0 fully saturated rings. The van der Waals surface area contributed by atoms with Crippen LogP contribution < -0.4 is 16.6 Å². The van der Waals surface area contributed by atoms with Gasteiger partial charge in [0.25, 0.3) is 5.91 Å². The summed E-state index contributed by atoms with van der Waals surface area (Å²) in [7, 11) is 0. The summed E-state index contributed by atoms with van der Waals surface area (Å²) in [6, 6.07) is 14.0. The first kappa shape index (κ1) is 18.9. The maximum atomic E-state index is 12.4. The van der Waals surface area contributed by atoms with Crippen molar-refractivity contribution in [1.29, 1.82) is 0 Å². The number of ether oxygens (including phenoxy) is 1. The van der Waals surface area contributed by atoms with Crippen molar-refractivity contribution in [2.75, 3.05) is 11.9 Å². The quantitative estimate of drug-likeness (QED) is 0.177. The lowest BCUT2D eigenvalue weighted by atomic mass is 10.1. The van der Waals surface area contributed by atoms with E-state index in [1.807, 2.05) is 6.07 Å². The van der Waals surface area contributed by atoms with Crippen LogP contribution in [-0.4, -0.2) is 24.8 Å². The number of hydrazine groups is 1. The molecule has 2 aromatic carbocycles. The van der Waals surface area contributed by atoms with Crippen LogP contribution in [0.2, 0.25) is 0 Å². The van der Waals surface area contributed by atoms with Crippen LogP contribution in [0.15, 0.2) is 59.6 Å². The number of nitrogens with one attached hydrogen (secondary N) is 2. The van der Waals surface area contributed by atoms with Gasteiger partial charge in [-0.2, -0.15) is 0 Å². The number of benzene rings is 2. The molecular weight excluding hydrogens is 332 g/mol. The van der Waals surface area contributed by atoms with E-state index < -0.39 is 5.97 Å². The molecule has 0 spiro atoms. The van der Waals surface area contributed by atoms with Gasteiger partial charge in [0.15, 0.2) is 0 Å². The molecule has 0 bridgehead atoms. The van der Waals surface area contributed by atoms with E-state index in [0.717, 1.165) is 5.56 Å². The Kier molecular flexibility index (Phi) is 7.08. The minimum absolute atomic E-state index is 0.269. The highest BCUT2D eigenvalue weighted by Gasteiger charge is 2.07. The van der Waals surface area contributed by atoms with Gasteiger partial charge in [0.2, 0.25) is 0 Å². The molecule has 4 N–H and O–H groups in total. The zero-order valence-electron chi connectivity index (χ0n) is 14.3. The van der Waals surface area contributed by atoms with Gasteiger partial charge in [-0.15, -0.1) is 0 Å². The van der Waals surface area contributed by atoms with Crippen molar-refractivity contribution in [3.05, 3.63) is 65.7 Å². The Labute approximate surface area is 151 Å².